The van der Waals surface area contributed by atoms with Gasteiger partial charge in [0.15, 0.2) is 11.5 Å². The number of carbonyl (C=O) groups is 1. The van der Waals surface area contributed by atoms with Gasteiger partial charge < -0.3 is 4.74 Å². The van der Waals surface area contributed by atoms with Crippen LogP contribution in [0.5, 0.6) is 0 Å². The Morgan fingerprint density at radius 1 is 1.03 bits per heavy atom. The largest absolute Gasteiger partial charge is 0.447 e. The van der Waals surface area contributed by atoms with Crippen LogP contribution in [0.2, 0.25) is 5.02 Å². The molecule has 0 unspecified atom stereocenters. The Bertz CT molecular complexity index is 1400. The van der Waals surface area contributed by atoms with Gasteiger partial charge in [-0.1, -0.05) is 17.7 Å². The van der Waals surface area contributed by atoms with Gasteiger partial charge in [-0.05, 0) is 42.5 Å². The average molecular weight is 452 g/mol. The Hall–Kier alpha value is -3.98. The van der Waals surface area contributed by atoms with Gasteiger partial charge in [0, 0.05) is 17.3 Å². The van der Waals surface area contributed by atoms with Crippen LogP contribution < -0.4 is 10.3 Å². The molecule has 1 amide bonds. The van der Waals surface area contributed by atoms with E-state index in [1.165, 1.54) is 34.0 Å². The van der Waals surface area contributed by atoms with E-state index >= 15 is 0 Å². The van der Waals surface area contributed by atoms with Crippen molar-refractivity contribution >= 4 is 23.4 Å². The second-order valence-corrected chi connectivity index (χ2v) is 7.42. The van der Waals surface area contributed by atoms with Crippen LogP contribution >= 0.6 is 11.6 Å². The lowest BCUT2D eigenvalue weighted by Gasteiger charge is -2.15. The van der Waals surface area contributed by atoms with E-state index in [0.29, 0.717) is 28.6 Å². The van der Waals surface area contributed by atoms with E-state index in [1.807, 2.05) is 0 Å². The fourth-order valence-electron chi connectivity index (χ4n) is 3.49. The van der Waals surface area contributed by atoms with Crippen LogP contribution in [0.4, 0.5) is 14.9 Å². The van der Waals surface area contributed by atoms with Crippen molar-refractivity contribution < 1.29 is 13.9 Å². The maximum absolute atomic E-state index is 14.9. The molecular weight excluding hydrogens is 437 g/mol. The minimum atomic E-state index is -0.604. The highest BCUT2D eigenvalue weighted by Gasteiger charge is 2.24. The molecule has 0 aliphatic carbocycles. The molecule has 0 bridgehead atoms. The van der Waals surface area contributed by atoms with Crippen LogP contribution in [-0.4, -0.2) is 38.8 Å². The SMILES string of the molecule is O=C1OCCN1c1ccc(-n2ccc(=O)c(-c3ccnn3-c3cccc(Cl)c3)n2)c(F)c1. The third-order valence-electron chi connectivity index (χ3n) is 5.00. The van der Waals surface area contributed by atoms with Gasteiger partial charge in [0.1, 0.15) is 12.3 Å². The fraction of sp³-hybridized carbons (Fsp3) is 0.0909. The summed E-state index contributed by atoms with van der Waals surface area (Å²) >= 11 is 6.09. The van der Waals surface area contributed by atoms with Crippen molar-refractivity contribution in [2.24, 2.45) is 0 Å². The van der Waals surface area contributed by atoms with Gasteiger partial charge in [-0.15, -0.1) is 0 Å². The molecule has 32 heavy (non-hydrogen) atoms. The maximum Gasteiger partial charge on any atom is 0.414 e. The first-order valence-electron chi connectivity index (χ1n) is 9.66. The van der Waals surface area contributed by atoms with Crippen molar-refractivity contribution in [3.05, 3.63) is 88.1 Å². The van der Waals surface area contributed by atoms with Crippen LogP contribution in [0, 0.1) is 5.82 Å². The summed E-state index contributed by atoms with van der Waals surface area (Å²) in [4.78, 5) is 25.7. The van der Waals surface area contributed by atoms with Crippen LogP contribution in [0.1, 0.15) is 0 Å². The normalized spacial score (nSPS) is 13.4. The molecule has 0 spiro atoms. The third-order valence-corrected chi connectivity index (χ3v) is 5.23. The smallest absolute Gasteiger partial charge is 0.414 e. The molecule has 10 heteroatoms. The summed E-state index contributed by atoms with van der Waals surface area (Å²) in [5.74, 6) is -0.604. The predicted octanol–water partition coefficient (Wildman–Crippen LogP) is 3.83. The van der Waals surface area contributed by atoms with Crippen molar-refractivity contribution in [1.82, 2.24) is 19.6 Å². The molecule has 0 N–H and O–H groups in total. The Morgan fingerprint density at radius 2 is 1.91 bits per heavy atom. The molecule has 3 heterocycles. The number of hydrogen-bond acceptors (Lipinski definition) is 5. The number of nitrogens with zero attached hydrogens (tertiary/aromatic N) is 5. The van der Waals surface area contributed by atoms with E-state index in [1.54, 1.807) is 47.3 Å². The minimum absolute atomic E-state index is 0.0940. The summed E-state index contributed by atoms with van der Waals surface area (Å²) in [6, 6.07) is 14.3. The van der Waals surface area contributed by atoms with Crippen molar-refractivity contribution in [3.63, 3.8) is 0 Å². The molecule has 160 valence electrons. The Balaban J connectivity index is 1.56. The van der Waals surface area contributed by atoms with Crippen LogP contribution in [0.15, 0.2) is 71.8 Å². The highest BCUT2D eigenvalue weighted by Crippen LogP contribution is 2.25. The van der Waals surface area contributed by atoms with E-state index in [-0.39, 0.29) is 23.4 Å². The molecule has 1 aliphatic rings. The highest BCUT2D eigenvalue weighted by atomic mass is 35.5. The number of anilines is 1. The van der Waals surface area contributed by atoms with E-state index in [9.17, 15) is 14.0 Å². The summed E-state index contributed by atoms with van der Waals surface area (Å²) in [6.07, 6.45) is 2.41. The summed E-state index contributed by atoms with van der Waals surface area (Å²) in [6.45, 7) is 0.610. The molecular formula is C22H15ClFN5O3. The van der Waals surface area contributed by atoms with Gasteiger partial charge in [0.25, 0.3) is 0 Å². The molecule has 1 fully saturated rings. The summed E-state index contributed by atoms with van der Waals surface area (Å²) in [5.41, 5.74) is 1.34. The summed E-state index contributed by atoms with van der Waals surface area (Å²) in [5, 5.41) is 9.16. The second-order valence-electron chi connectivity index (χ2n) is 6.98. The summed E-state index contributed by atoms with van der Waals surface area (Å²) < 4.78 is 22.6. The quantitative estimate of drug-likeness (QED) is 0.471. The number of ether oxygens (including phenoxy) is 1. The summed E-state index contributed by atoms with van der Waals surface area (Å²) in [7, 11) is 0. The zero-order valence-corrected chi connectivity index (χ0v) is 17.2. The Morgan fingerprint density at radius 3 is 2.66 bits per heavy atom. The van der Waals surface area contributed by atoms with E-state index in [0.717, 1.165) is 0 Å². The molecule has 0 saturated carbocycles. The molecule has 1 saturated heterocycles. The van der Waals surface area contributed by atoms with Crippen LogP contribution in [0.3, 0.4) is 0 Å². The molecule has 2 aromatic heterocycles. The van der Waals surface area contributed by atoms with Crippen molar-refractivity contribution in [2.45, 2.75) is 0 Å². The Labute approximate surface area is 186 Å². The highest BCUT2D eigenvalue weighted by molar-refractivity contribution is 6.30. The Kier molecular flexibility index (Phi) is 4.95. The number of benzene rings is 2. The predicted molar refractivity (Wildman–Crippen MR) is 116 cm³/mol. The number of amides is 1. The molecule has 8 nitrogen and oxygen atoms in total. The van der Waals surface area contributed by atoms with Gasteiger partial charge >= 0.3 is 6.09 Å². The standard InChI is InChI=1S/C22H15ClFN5O3/c23-14-2-1-3-16(12-14)29-19(6-8-25-29)21-20(30)7-9-28(26-21)18-5-4-15(13-17(18)24)27-10-11-32-22(27)31/h1-9,12-13H,10-11H2. The zero-order chi connectivity index (χ0) is 22.2. The number of cyclic esters (lactones) is 1. The molecule has 5 rings (SSSR count). The van der Waals surface area contributed by atoms with Crippen LogP contribution in [0.25, 0.3) is 22.8 Å². The zero-order valence-electron chi connectivity index (χ0n) is 16.5. The first-order chi connectivity index (χ1) is 15.5. The van der Waals surface area contributed by atoms with Gasteiger partial charge in [0.05, 0.1) is 29.8 Å². The average Bonchev–Trinajstić information content (AvgIpc) is 3.43. The number of aromatic nitrogens is 4. The number of halogens is 2. The lowest BCUT2D eigenvalue weighted by molar-refractivity contribution is 0.181. The second kappa shape index (κ2) is 7.93. The third kappa shape index (κ3) is 3.52. The van der Waals surface area contributed by atoms with Crippen molar-refractivity contribution in [2.75, 3.05) is 18.1 Å². The van der Waals surface area contributed by atoms with E-state index in [2.05, 4.69) is 10.2 Å². The van der Waals surface area contributed by atoms with Gasteiger partial charge in [-0.25, -0.2) is 18.5 Å². The van der Waals surface area contributed by atoms with E-state index in [4.69, 9.17) is 16.3 Å². The topological polar surface area (TPSA) is 82.3 Å². The van der Waals surface area contributed by atoms with Gasteiger partial charge in [-0.2, -0.15) is 10.2 Å². The van der Waals surface area contributed by atoms with Gasteiger partial charge in [0.2, 0.25) is 5.43 Å². The molecule has 1 aliphatic heterocycles. The first-order valence-corrected chi connectivity index (χ1v) is 10.0. The number of hydrogen-bond donors (Lipinski definition) is 0. The van der Waals surface area contributed by atoms with Crippen molar-refractivity contribution in [3.8, 4) is 22.8 Å². The maximum atomic E-state index is 14.9. The molecule has 4 aromatic rings. The molecule has 2 aromatic carbocycles. The lowest BCUT2D eigenvalue weighted by Crippen LogP contribution is -2.23. The molecule has 0 atom stereocenters. The van der Waals surface area contributed by atoms with Crippen LogP contribution in [-0.2, 0) is 4.74 Å². The number of rotatable bonds is 4. The molecule has 0 radical (unpaired) electrons. The monoisotopic (exact) mass is 451 g/mol. The lowest BCUT2D eigenvalue weighted by atomic mass is 10.2. The van der Waals surface area contributed by atoms with Gasteiger partial charge in [-0.3, -0.25) is 9.69 Å². The number of carbonyl (C=O) groups excluding carboxylic acids is 1. The fourth-order valence-corrected chi connectivity index (χ4v) is 3.68. The minimum Gasteiger partial charge on any atom is -0.447 e. The first kappa shape index (κ1) is 20.0. The van der Waals surface area contributed by atoms with Crippen molar-refractivity contribution in [1.29, 1.82) is 0 Å². The van der Waals surface area contributed by atoms with E-state index < -0.39 is 11.9 Å².